The van der Waals surface area contributed by atoms with Gasteiger partial charge in [-0.3, -0.25) is 0 Å². The molecule has 116 valence electrons. The summed E-state index contributed by atoms with van der Waals surface area (Å²) in [7, 11) is 3.71. The normalized spacial score (nSPS) is 23.0. The summed E-state index contributed by atoms with van der Waals surface area (Å²) in [6.45, 7) is 1.91. The fourth-order valence-electron chi connectivity index (χ4n) is 3.55. The number of hydrogen-bond donors (Lipinski definition) is 2. The molecule has 1 aromatic rings. The maximum atomic E-state index is 5.97. The van der Waals surface area contributed by atoms with Crippen LogP contribution >= 0.6 is 0 Å². The summed E-state index contributed by atoms with van der Waals surface area (Å²) in [4.78, 5) is 11.2. The van der Waals surface area contributed by atoms with Crippen LogP contribution in [0.4, 0.5) is 11.8 Å². The molecule has 1 saturated heterocycles. The van der Waals surface area contributed by atoms with Crippen LogP contribution in [0, 0.1) is 0 Å². The Bertz CT molecular complexity index is 501. The maximum absolute atomic E-state index is 5.97. The summed E-state index contributed by atoms with van der Waals surface area (Å²) in [6.07, 6.45) is 5.98. The minimum atomic E-state index is 0.362. The molecule has 6 nitrogen and oxygen atoms in total. The molecule has 0 unspecified atom stereocenters. The average molecular weight is 291 g/mol. The van der Waals surface area contributed by atoms with Crippen molar-refractivity contribution in [3.8, 4) is 5.75 Å². The average Bonchev–Trinajstić information content (AvgIpc) is 3.17. The van der Waals surface area contributed by atoms with Gasteiger partial charge in [-0.1, -0.05) is 12.8 Å². The Morgan fingerprint density at radius 2 is 2.00 bits per heavy atom. The van der Waals surface area contributed by atoms with E-state index in [1.807, 2.05) is 7.05 Å². The van der Waals surface area contributed by atoms with Crippen LogP contribution in [-0.4, -0.2) is 43.3 Å². The Hall–Kier alpha value is -1.56. The Morgan fingerprint density at radius 3 is 2.62 bits per heavy atom. The number of ether oxygens (including phenoxy) is 1. The highest BCUT2D eigenvalue weighted by atomic mass is 16.5. The Balaban J connectivity index is 1.95. The second-order valence-corrected chi connectivity index (χ2v) is 6.03. The summed E-state index contributed by atoms with van der Waals surface area (Å²) in [5.74, 6) is 2.52. The van der Waals surface area contributed by atoms with Gasteiger partial charge in [0.1, 0.15) is 0 Å². The van der Waals surface area contributed by atoms with Crippen molar-refractivity contribution in [2.45, 2.75) is 44.1 Å². The monoisotopic (exact) mass is 291 g/mol. The molecule has 3 rings (SSSR count). The quantitative estimate of drug-likeness (QED) is 0.876. The highest BCUT2D eigenvalue weighted by Crippen LogP contribution is 2.42. The number of nitrogens with one attached hydrogen (secondary N) is 1. The zero-order valence-corrected chi connectivity index (χ0v) is 12.9. The van der Waals surface area contributed by atoms with Crippen molar-refractivity contribution in [2.24, 2.45) is 0 Å². The Morgan fingerprint density at radius 1 is 1.24 bits per heavy atom. The summed E-state index contributed by atoms with van der Waals surface area (Å²) < 4.78 is 5.68. The largest absolute Gasteiger partial charge is 0.491 e. The summed E-state index contributed by atoms with van der Waals surface area (Å²) in [5, 5.41) is 3.33. The van der Waals surface area contributed by atoms with Crippen LogP contribution in [0.2, 0.25) is 0 Å². The molecule has 2 aliphatic rings. The van der Waals surface area contributed by atoms with Crippen LogP contribution in [0.3, 0.4) is 0 Å². The summed E-state index contributed by atoms with van der Waals surface area (Å²) in [5.41, 5.74) is 6.97. The summed E-state index contributed by atoms with van der Waals surface area (Å²) in [6, 6.07) is 0.501. The van der Waals surface area contributed by atoms with Gasteiger partial charge in [0.2, 0.25) is 5.95 Å². The van der Waals surface area contributed by atoms with E-state index in [1.54, 1.807) is 7.11 Å². The number of hydrogen-bond acceptors (Lipinski definition) is 6. The molecule has 0 radical (unpaired) electrons. The van der Waals surface area contributed by atoms with Crippen molar-refractivity contribution >= 4 is 11.8 Å². The van der Waals surface area contributed by atoms with Crippen LogP contribution in [0.1, 0.15) is 43.7 Å². The van der Waals surface area contributed by atoms with Gasteiger partial charge in [0, 0.05) is 25.0 Å². The van der Waals surface area contributed by atoms with E-state index in [0.29, 0.717) is 17.9 Å². The van der Waals surface area contributed by atoms with E-state index in [4.69, 9.17) is 10.5 Å². The number of nitrogens with two attached hydrogens (primary N) is 1. The van der Waals surface area contributed by atoms with Crippen LogP contribution < -0.4 is 20.7 Å². The smallest absolute Gasteiger partial charge is 0.222 e. The van der Waals surface area contributed by atoms with Gasteiger partial charge in [0.25, 0.3) is 0 Å². The fraction of sp³-hybridized carbons (Fsp3) is 0.733. The van der Waals surface area contributed by atoms with E-state index < -0.39 is 0 Å². The van der Waals surface area contributed by atoms with Crippen LogP contribution in [-0.2, 0) is 0 Å². The molecule has 1 atom stereocenters. The number of methoxy groups -OCH3 is 1. The second-order valence-electron chi connectivity index (χ2n) is 6.03. The molecule has 1 aliphatic heterocycles. The van der Waals surface area contributed by atoms with Gasteiger partial charge >= 0.3 is 0 Å². The molecule has 0 aromatic carbocycles. The van der Waals surface area contributed by atoms with Crippen molar-refractivity contribution < 1.29 is 4.74 Å². The van der Waals surface area contributed by atoms with E-state index in [0.717, 1.165) is 36.8 Å². The third-order valence-corrected chi connectivity index (χ3v) is 4.73. The van der Waals surface area contributed by atoms with Gasteiger partial charge in [0.05, 0.1) is 12.8 Å². The Kier molecular flexibility index (Phi) is 4.14. The molecule has 2 heterocycles. The van der Waals surface area contributed by atoms with Crippen molar-refractivity contribution in [3.63, 3.8) is 0 Å². The van der Waals surface area contributed by atoms with Gasteiger partial charge < -0.3 is 20.7 Å². The lowest BCUT2D eigenvalue weighted by molar-refractivity contribution is 0.399. The molecule has 2 fully saturated rings. The van der Waals surface area contributed by atoms with E-state index in [1.165, 1.54) is 25.7 Å². The van der Waals surface area contributed by atoms with E-state index in [2.05, 4.69) is 20.2 Å². The zero-order chi connectivity index (χ0) is 14.8. The molecule has 0 amide bonds. The summed E-state index contributed by atoms with van der Waals surface area (Å²) >= 11 is 0. The van der Waals surface area contributed by atoms with Crippen LogP contribution in [0.25, 0.3) is 0 Å². The van der Waals surface area contributed by atoms with Gasteiger partial charge in [-0.25, -0.2) is 4.98 Å². The van der Waals surface area contributed by atoms with E-state index in [9.17, 15) is 0 Å². The SMILES string of the molecule is CN[C@@H]1CCN(c2nc(N)nc(C3CCCC3)c2OC)C1. The lowest BCUT2D eigenvalue weighted by atomic mass is 10.0. The molecule has 21 heavy (non-hydrogen) atoms. The minimum absolute atomic E-state index is 0.362. The Labute approximate surface area is 126 Å². The first kappa shape index (κ1) is 14.4. The lowest BCUT2D eigenvalue weighted by Crippen LogP contribution is -2.30. The van der Waals surface area contributed by atoms with E-state index in [-0.39, 0.29) is 0 Å². The molecule has 1 saturated carbocycles. The van der Waals surface area contributed by atoms with E-state index >= 15 is 0 Å². The van der Waals surface area contributed by atoms with Gasteiger partial charge in [0.15, 0.2) is 11.6 Å². The van der Waals surface area contributed by atoms with Gasteiger partial charge in [-0.2, -0.15) is 4.98 Å². The van der Waals surface area contributed by atoms with Crippen molar-refractivity contribution in [1.82, 2.24) is 15.3 Å². The lowest BCUT2D eigenvalue weighted by Gasteiger charge is -2.23. The minimum Gasteiger partial charge on any atom is -0.491 e. The van der Waals surface area contributed by atoms with Crippen molar-refractivity contribution in [3.05, 3.63) is 5.69 Å². The number of aromatic nitrogens is 2. The molecule has 0 spiro atoms. The fourth-order valence-corrected chi connectivity index (χ4v) is 3.55. The number of anilines is 2. The number of likely N-dealkylation sites (N-methyl/N-ethyl adjacent to an activating group) is 1. The molecule has 1 aliphatic carbocycles. The van der Waals surface area contributed by atoms with Crippen molar-refractivity contribution in [2.75, 3.05) is 37.9 Å². The molecular weight excluding hydrogens is 266 g/mol. The molecule has 0 bridgehead atoms. The predicted molar refractivity (Wildman–Crippen MR) is 83.9 cm³/mol. The predicted octanol–water partition coefficient (Wildman–Crippen LogP) is 1.52. The first-order chi connectivity index (χ1) is 10.2. The number of rotatable bonds is 4. The first-order valence-corrected chi connectivity index (χ1v) is 7.86. The standard InChI is InChI=1S/C15H25N5O/c1-17-11-7-8-20(9-11)14-13(21-2)12(18-15(16)19-14)10-5-3-4-6-10/h10-11,17H,3-9H2,1-2H3,(H2,16,18,19)/t11-/m1/s1. The molecule has 1 aromatic heterocycles. The first-order valence-electron chi connectivity index (χ1n) is 7.86. The maximum Gasteiger partial charge on any atom is 0.222 e. The van der Waals surface area contributed by atoms with Crippen LogP contribution in [0.15, 0.2) is 0 Å². The third kappa shape index (κ3) is 2.77. The third-order valence-electron chi connectivity index (χ3n) is 4.73. The number of nitrogen functional groups attached to an aromatic ring is 1. The van der Waals surface area contributed by atoms with Crippen LogP contribution in [0.5, 0.6) is 5.75 Å². The highest BCUT2D eigenvalue weighted by molar-refractivity contribution is 5.59. The van der Waals surface area contributed by atoms with Gasteiger partial charge in [-0.05, 0) is 26.3 Å². The zero-order valence-electron chi connectivity index (χ0n) is 12.9. The second kappa shape index (κ2) is 6.05. The highest BCUT2D eigenvalue weighted by Gasteiger charge is 2.30. The number of nitrogens with zero attached hydrogens (tertiary/aromatic N) is 3. The van der Waals surface area contributed by atoms with Gasteiger partial charge in [-0.15, -0.1) is 0 Å². The van der Waals surface area contributed by atoms with Crippen molar-refractivity contribution in [1.29, 1.82) is 0 Å². The topological polar surface area (TPSA) is 76.3 Å². The molecule has 3 N–H and O–H groups in total. The molecular formula is C15H25N5O. The molecule has 6 heteroatoms.